The Morgan fingerprint density at radius 3 is 2.63 bits per heavy atom. The second kappa shape index (κ2) is 11.7. The van der Waals surface area contributed by atoms with Crippen LogP contribution in [-0.2, 0) is 11.4 Å². The fraction of sp³-hybridized carbons (Fsp3) is 0.231. The van der Waals surface area contributed by atoms with Crippen molar-refractivity contribution in [3.8, 4) is 17.2 Å². The SMILES string of the molecule is CCOc1cccc(/C=N/NC(=O)C2CC(c3ccc(OCc4ccc(Cl)cc4)cc3)NN2)c1O. The third-order valence-corrected chi connectivity index (χ3v) is 5.78. The predicted octanol–water partition coefficient (Wildman–Crippen LogP) is 4.08. The minimum absolute atomic E-state index is 0.0198. The van der Waals surface area contributed by atoms with E-state index in [1.54, 1.807) is 18.2 Å². The zero-order valence-electron chi connectivity index (χ0n) is 19.2. The van der Waals surface area contributed by atoms with Crippen molar-refractivity contribution in [2.45, 2.75) is 32.0 Å². The Kier molecular flexibility index (Phi) is 8.20. The van der Waals surface area contributed by atoms with Gasteiger partial charge in [0.1, 0.15) is 18.4 Å². The van der Waals surface area contributed by atoms with Crippen LogP contribution in [0.2, 0.25) is 5.02 Å². The highest BCUT2D eigenvalue weighted by atomic mass is 35.5. The number of hydrogen-bond donors (Lipinski definition) is 4. The first kappa shape index (κ1) is 24.5. The Labute approximate surface area is 208 Å². The number of hydrogen-bond acceptors (Lipinski definition) is 7. The molecule has 182 valence electrons. The summed E-state index contributed by atoms with van der Waals surface area (Å²) >= 11 is 5.91. The van der Waals surface area contributed by atoms with E-state index < -0.39 is 6.04 Å². The van der Waals surface area contributed by atoms with Crippen molar-refractivity contribution >= 4 is 23.7 Å². The third-order valence-electron chi connectivity index (χ3n) is 5.53. The summed E-state index contributed by atoms with van der Waals surface area (Å²) in [5.41, 5.74) is 11.2. The lowest BCUT2D eigenvalue weighted by Gasteiger charge is -2.11. The van der Waals surface area contributed by atoms with E-state index in [0.717, 1.165) is 16.9 Å². The van der Waals surface area contributed by atoms with Gasteiger partial charge in [0.2, 0.25) is 0 Å². The molecule has 4 rings (SSSR count). The van der Waals surface area contributed by atoms with Gasteiger partial charge in [0.15, 0.2) is 11.5 Å². The van der Waals surface area contributed by atoms with Crippen molar-refractivity contribution in [1.29, 1.82) is 0 Å². The second-order valence-electron chi connectivity index (χ2n) is 7.97. The van der Waals surface area contributed by atoms with Crippen molar-refractivity contribution in [2.75, 3.05) is 6.61 Å². The number of amides is 1. The number of rotatable bonds is 9. The minimum atomic E-state index is -0.457. The van der Waals surface area contributed by atoms with Crippen LogP contribution in [0.15, 0.2) is 71.8 Å². The number of nitrogens with zero attached hydrogens (tertiary/aromatic N) is 1. The molecule has 4 N–H and O–H groups in total. The maximum absolute atomic E-state index is 12.5. The fourth-order valence-electron chi connectivity index (χ4n) is 3.65. The smallest absolute Gasteiger partial charge is 0.258 e. The summed E-state index contributed by atoms with van der Waals surface area (Å²) in [6.07, 6.45) is 1.94. The summed E-state index contributed by atoms with van der Waals surface area (Å²) in [6, 6.07) is 19.9. The second-order valence-corrected chi connectivity index (χ2v) is 8.41. The highest BCUT2D eigenvalue weighted by molar-refractivity contribution is 6.30. The average molecular weight is 495 g/mol. The van der Waals surface area contributed by atoms with Gasteiger partial charge in [0, 0.05) is 16.6 Å². The van der Waals surface area contributed by atoms with Crippen LogP contribution >= 0.6 is 11.6 Å². The molecule has 1 saturated heterocycles. The summed E-state index contributed by atoms with van der Waals surface area (Å²) in [6.45, 7) is 2.73. The maximum Gasteiger partial charge on any atom is 0.258 e. The maximum atomic E-state index is 12.5. The molecular formula is C26H27ClN4O4. The van der Waals surface area contributed by atoms with Crippen LogP contribution in [-0.4, -0.2) is 29.9 Å². The molecule has 1 amide bonds. The Morgan fingerprint density at radius 2 is 1.89 bits per heavy atom. The van der Waals surface area contributed by atoms with Gasteiger partial charge in [-0.25, -0.2) is 16.3 Å². The Morgan fingerprint density at radius 1 is 1.11 bits per heavy atom. The number of phenols is 1. The molecule has 1 fully saturated rings. The van der Waals surface area contributed by atoms with Gasteiger partial charge in [-0.15, -0.1) is 0 Å². The summed E-state index contributed by atoms with van der Waals surface area (Å²) in [5.74, 6) is 0.830. The monoisotopic (exact) mass is 494 g/mol. The highest BCUT2D eigenvalue weighted by Crippen LogP contribution is 2.28. The van der Waals surface area contributed by atoms with Gasteiger partial charge in [-0.1, -0.05) is 41.9 Å². The third kappa shape index (κ3) is 6.51. The molecule has 0 aliphatic carbocycles. The molecule has 1 aliphatic rings. The molecule has 0 aromatic heterocycles. The lowest BCUT2D eigenvalue weighted by Crippen LogP contribution is -2.41. The summed E-state index contributed by atoms with van der Waals surface area (Å²) in [4.78, 5) is 12.5. The number of nitrogens with one attached hydrogen (secondary N) is 3. The standard InChI is InChI=1S/C26H27ClN4O4/c1-2-34-24-5-3-4-19(25(24)32)15-28-31-26(33)23-14-22(29-30-23)18-8-12-21(13-9-18)35-16-17-6-10-20(27)11-7-17/h3-13,15,22-23,29-30,32H,2,14,16H2,1H3,(H,31,33)/b28-15+. The van der Waals surface area contributed by atoms with E-state index in [9.17, 15) is 9.90 Å². The summed E-state index contributed by atoms with van der Waals surface area (Å²) in [5, 5.41) is 14.9. The van der Waals surface area contributed by atoms with Gasteiger partial charge >= 0.3 is 0 Å². The van der Waals surface area contributed by atoms with Crippen LogP contribution in [0, 0.1) is 0 Å². The van der Waals surface area contributed by atoms with Crippen LogP contribution in [0.4, 0.5) is 0 Å². The number of hydrazone groups is 1. The van der Waals surface area contributed by atoms with Gasteiger partial charge in [-0.05, 0) is 60.9 Å². The molecule has 2 atom stereocenters. The number of halogens is 1. The van der Waals surface area contributed by atoms with Crippen LogP contribution in [0.25, 0.3) is 0 Å². The largest absolute Gasteiger partial charge is 0.504 e. The zero-order valence-corrected chi connectivity index (χ0v) is 20.0. The normalized spacial score (nSPS) is 17.4. The van der Waals surface area contributed by atoms with E-state index in [0.29, 0.717) is 36.0 Å². The number of para-hydroxylation sites is 1. The first-order valence-electron chi connectivity index (χ1n) is 11.3. The Bertz CT molecular complexity index is 1170. The Balaban J connectivity index is 1.27. The molecule has 0 saturated carbocycles. The van der Waals surface area contributed by atoms with Crippen LogP contribution in [0.5, 0.6) is 17.2 Å². The van der Waals surface area contributed by atoms with Crippen molar-refractivity contribution in [2.24, 2.45) is 5.10 Å². The van der Waals surface area contributed by atoms with Crippen LogP contribution in [0.3, 0.4) is 0 Å². The predicted molar refractivity (Wildman–Crippen MR) is 135 cm³/mol. The molecule has 3 aromatic rings. The molecule has 0 spiro atoms. The van der Waals surface area contributed by atoms with Crippen LogP contribution in [0.1, 0.15) is 36.1 Å². The lowest BCUT2D eigenvalue weighted by molar-refractivity contribution is -0.122. The van der Waals surface area contributed by atoms with Crippen molar-refractivity contribution in [1.82, 2.24) is 16.3 Å². The number of phenolic OH excluding ortho intramolecular Hbond substituents is 1. The van der Waals surface area contributed by atoms with Crippen molar-refractivity contribution < 1.29 is 19.4 Å². The molecule has 2 unspecified atom stereocenters. The van der Waals surface area contributed by atoms with Crippen molar-refractivity contribution in [3.63, 3.8) is 0 Å². The fourth-order valence-corrected chi connectivity index (χ4v) is 3.78. The first-order chi connectivity index (χ1) is 17.0. The Hall–Kier alpha value is -3.59. The van der Waals surface area contributed by atoms with Gasteiger partial charge < -0.3 is 14.6 Å². The molecular weight excluding hydrogens is 468 g/mol. The quantitative estimate of drug-likeness (QED) is 0.264. The number of aromatic hydroxyl groups is 1. The molecule has 3 aromatic carbocycles. The van der Waals surface area contributed by atoms with E-state index in [4.69, 9.17) is 21.1 Å². The van der Waals surface area contributed by atoms with E-state index >= 15 is 0 Å². The summed E-state index contributed by atoms with van der Waals surface area (Å²) in [7, 11) is 0. The number of benzene rings is 3. The first-order valence-corrected chi connectivity index (χ1v) is 11.7. The average Bonchev–Trinajstić information content (AvgIpc) is 3.37. The molecule has 8 nitrogen and oxygen atoms in total. The molecule has 9 heteroatoms. The van der Waals surface area contributed by atoms with Gasteiger partial charge in [-0.2, -0.15) is 5.10 Å². The number of carbonyl (C=O) groups is 1. The van der Waals surface area contributed by atoms with Gasteiger partial charge in [0.25, 0.3) is 5.91 Å². The number of hydrazine groups is 1. The van der Waals surface area contributed by atoms with Crippen molar-refractivity contribution in [3.05, 3.63) is 88.4 Å². The van der Waals surface area contributed by atoms with E-state index in [1.165, 1.54) is 6.21 Å². The minimum Gasteiger partial charge on any atom is -0.504 e. The molecule has 0 radical (unpaired) electrons. The molecule has 1 heterocycles. The van der Waals surface area contributed by atoms with Gasteiger partial charge in [-0.3, -0.25) is 4.79 Å². The number of ether oxygens (including phenoxy) is 2. The van der Waals surface area contributed by atoms with Gasteiger partial charge in [0.05, 0.1) is 12.8 Å². The number of carbonyl (C=O) groups excluding carboxylic acids is 1. The molecule has 35 heavy (non-hydrogen) atoms. The lowest BCUT2D eigenvalue weighted by atomic mass is 10.0. The van der Waals surface area contributed by atoms with E-state index in [2.05, 4.69) is 21.4 Å². The van der Waals surface area contributed by atoms with Crippen LogP contribution < -0.4 is 25.8 Å². The van der Waals surface area contributed by atoms with E-state index in [1.807, 2.05) is 55.5 Å². The van der Waals surface area contributed by atoms with E-state index in [-0.39, 0.29) is 17.7 Å². The zero-order chi connectivity index (χ0) is 24.6. The highest BCUT2D eigenvalue weighted by Gasteiger charge is 2.30. The molecule has 0 bridgehead atoms. The summed E-state index contributed by atoms with van der Waals surface area (Å²) < 4.78 is 11.2. The topological polar surface area (TPSA) is 104 Å². The molecule has 1 aliphatic heterocycles.